The molecule has 1 aromatic heterocycles. The van der Waals surface area contributed by atoms with E-state index < -0.39 is 0 Å². The van der Waals surface area contributed by atoms with E-state index in [9.17, 15) is 0 Å². The van der Waals surface area contributed by atoms with E-state index in [1.165, 1.54) is 100 Å². The van der Waals surface area contributed by atoms with Crippen LogP contribution in [0.15, 0.2) is 84.9 Å². The van der Waals surface area contributed by atoms with E-state index in [1.807, 2.05) is 11.3 Å². The van der Waals surface area contributed by atoms with Crippen molar-refractivity contribution in [3.05, 3.63) is 96.1 Å². The molecule has 7 rings (SSSR count). The van der Waals surface area contributed by atoms with Gasteiger partial charge in [-0.1, -0.05) is 74.7 Å². The predicted octanol–water partition coefficient (Wildman–Crippen LogP) is 11.1. The molecule has 0 atom stereocenters. The number of unbranched alkanes of at least 4 members (excludes halogenated alkanes) is 3. The average molecular weight is 483 g/mol. The molecule has 1 heterocycles. The molecule has 0 saturated heterocycles. The van der Waals surface area contributed by atoms with Crippen molar-refractivity contribution in [1.82, 2.24) is 0 Å². The Morgan fingerprint density at radius 1 is 0.556 bits per heavy atom. The summed E-state index contributed by atoms with van der Waals surface area (Å²) in [6, 6.07) is 32.3. The third-order valence-corrected chi connectivity index (χ3v) is 9.08. The van der Waals surface area contributed by atoms with Crippen molar-refractivity contribution in [2.75, 3.05) is 0 Å². The van der Waals surface area contributed by atoms with Crippen molar-refractivity contribution < 1.29 is 0 Å². The van der Waals surface area contributed by atoms with Crippen LogP contribution in [0.1, 0.15) is 43.7 Å². The number of rotatable bonds is 5. The van der Waals surface area contributed by atoms with Crippen molar-refractivity contribution in [2.45, 2.75) is 46.0 Å². The molecule has 0 aliphatic carbocycles. The monoisotopic (exact) mass is 482 g/mol. The Kier molecular flexibility index (Phi) is 5.22. The maximum atomic E-state index is 2.52. The summed E-state index contributed by atoms with van der Waals surface area (Å²) in [4.78, 5) is 0. The molecule has 0 aliphatic heterocycles. The van der Waals surface area contributed by atoms with Crippen molar-refractivity contribution in [2.24, 2.45) is 0 Å². The summed E-state index contributed by atoms with van der Waals surface area (Å²) in [5, 5.41) is 13.8. The van der Waals surface area contributed by atoms with Crippen molar-refractivity contribution in [3.8, 4) is 0 Å². The minimum atomic E-state index is 1.16. The van der Waals surface area contributed by atoms with Gasteiger partial charge in [-0.15, -0.1) is 11.3 Å². The molecule has 0 bridgehead atoms. The SMILES string of the molecule is CCCCCCc1cc2sc3cc(C)c4cc5ccccc5cc4c3c2c2cc3ccccc3cc12. The summed E-state index contributed by atoms with van der Waals surface area (Å²) >= 11 is 1.97. The van der Waals surface area contributed by atoms with E-state index in [-0.39, 0.29) is 0 Å². The minimum absolute atomic E-state index is 1.16. The van der Waals surface area contributed by atoms with Crippen LogP contribution in [-0.2, 0) is 6.42 Å². The van der Waals surface area contributed by atoms with Gasteiger partial charge < -0.3 is 0 Å². The Hall–Kier alpha value is -3.42. The quantitative estimate of drug-likeness (QED) is 0.169. The first-order valence-electron chi connectivity index (χ1n) is 13.3. The second-order valence-corrected chi connectivity index (χ2v) is 11.5. The Bertz CT molecular complexity index is 1940. The molecule has 0 radical (unpaired) electrons. The number of hydrogen-bond donors (Lipinski definition) is 0. The summed E-state index contributed by atoms with van der Waals surface area (Å²) in [7, 11) is 0. The van der Waals surface area contributed by atoms with Crippen molar-refractivity contribution in [3.63, 3.8) is 0 Å². The maximum absolute atomic E-state index is 2.52. The van der Waals surface area contributed by atoms with E-state index in [0.717, 1.165) is 6.42 Å². The van der Waals surface area contributed by atoms with Crippen LogP contribution in [0.25, 0.3) is 63.3 Å². The number of fused-ring (bicyclic) bond motifs is 9. The number of aryl methyl sites for hydroxylation is 2. The fraction of sp³-hybridized carbons (Fsp3) is 0.200. The largest absolute Gasteiger partial charge is 0.135 e. The summed E-state index contributed by atoms with van der Waals surface area (Å²) < 4.78 is 2.83. The predicted molar refractivity (Wildman–Crippen MR) is 162 cm³/mol. The Morgan fingerprint density at radius 3 is 1.69 bits per heavy atom. The van der Waals surface area contributed by atoms with E-state index in [0.29, 0.717) is 0 Å². The zero-order chi connectivity index (χ0) is 24.2. The third-order valence-electron chi connectivity index (χ3n) is 8.00. The van der Waals surface area contributed by atoms with Crippen LogP contribution >= 0.6 is 11.3 Å². The van der Waals surface area contributed by atoms with E-state index in [1.54, 1.807) is 0 Å². The van der Waals surface area contributed by atoms with Crippen LogP contribution in [0.4, 0.5) is 0 Å². The number of thiophene rings is 1. The van der Waals surface area contributed by atoms with E-state index >= 15 is 0 Å². The second kappa shape index (κ2) is 8.61. The first-order chi connectivity index (χ1) is 17.7. The summed E-state index contributed by atoms with van der Waals surface area (Å²) in [5.74, 6) is 0. The molecule has 0 fully saturated rings. The highest BCUT2D eigenvalue weighted by Gasteiger charge is 2.17. The van der Waals surface area contributed by atoms with Gasteiger partial charge in [0, 0.05) is 20.2 Å². The lowest BCUT2D eigenvalue weighted by atomic mass is 9.91. The molecule has 6 aromatic carbocycles. The van der Waals surface area contributed by atoms with Crippen LogP contribution in [0, 0.1) is 6.92 Å². The molecule has 176 valence electrons. The third kappa shape index (κ3) is 3.41. The van der Waals surface area contributed by atoms with Crippen molar-refractivity contribution >= 4 is 74.6 Å². The van der Waals surface area contributed by atoms with Gasteiger partial charge in [0.05, 0.1) is 0 Å². The Labute approximate surface area is 216 Å². The lowest BCUT2D eigenvalue weighted by Crippen LogP contribution is -1.90. The molecule has 36 heavy (non-hydrogen) atoms. The van der Waals surface area contributed by atoms with Gasteiger partial charge in [0.1, 0.15) is 0 Å². The molecule has 0 saturated carbocycles. The number of benzene rings is 6. The van der Waals surface area contributed by atoms with Gasteiger partial charge in [0.15, 0.2) is 0 Å². The Morgan fingerprint density at radius 2 is 1.08 bits per heavy atom. The molecule has 0 nitrogen and oxygen atoms in total. The fourth-order valence-corrected chi connectivity index (χ4v) is 7.45. The lowest BCUT2D eigenvalue weighted by Gasteiger charge is -2.12. The van der Waals surface area contributed by atoms with Crippen LogP contribution in [0.5, 0.6) is 0 Å². The topological polar surface area (TPSA) is 0 Å². The highest BCUT2D eigenvalue weighted by atomic mass is 32.1. The molecule has 7 aromatic rings. The Balaban J connectivity index is 1.61. The summed E-state index contributed by atoms with van der Waals surface area (Å²) in [5.41, 5.74) is 2.88. The molecule has 0 unspecified atom stereocenters. The second-order valence-electron chi connectivity index (χ2n) is 10.4. The van der Waals surface area contributed by atoms with Gasteiger partial charge in [0.25, 0.3) is 0 Å². The van der Waals surface area contributed by atoms with Gasteiger partial charge in [-0.25, -0.2) is 0 Å². The number of hydrogen-bond acceptors (Lipinski definition) is 1. The molecule has 1 heteroatoms. The van der Waals surface area contributed by atoms with Crippen LogP contribution in [0.2, 0.25) is 0 Å². The fourth-order valence-electron chi connectivity index (χ4n) is 6.15. The first kappa shape index (κ1) is 21.8. The first-order valence-corrected chi connectivity index (χ1v) is 14.2. The van der Waals surface area contributed by atoms with Crippen LogP contribution in [0.3, 0.4) is 0 Å². The van der Waals surface area contributed by atoms with E-state index in [4.69, 9.17) is 0 Å². The summed E-state index contributed by atoms with van der Waals surface area (Å²) in [6.45, 7) is 4.56. The van der Waals surface area contributed by atoms with Crippen molar-refractivity contribution in [1.29, 1.82) is 0 Å². The van der Waals surface area contributed by atoms with Gasteiger partial charge in [-0.2, -0.15) is 0 Å². The molecule has 0 N–H and O–H groups in total. The normalized spacial score (nSPS) is 12.2. The minimum Gasteiger partial charge on any atom is -0.135 e. The molecule has 0 amide bonds. The van der Waals surface area contributed by atoms with Gasteiger partial charge >= 0.3 is 0 Å². The smallest absolute Gasteiger partial charge is 0.0364 e. The molecule has 0 aliphatic rings. The maximum Gasteiger partial charge on any atom is 0.0364 e. The standard InChI is InChI=1S/C35H30S/c1-3-4-5-6-15-27-21-33-35(31-20-26-14-10-8-12-24(26)18-29(27)31)34-30-19-25-13-9-7-11-23(25)17-28(30)22(2)16-32(34)36-33/h7-14,16-21H,3-6,15H2,1-2H3. The molecular weight excluding hydrogens is 452 g/mol. The lowest BCUT2D eigenvalue weighted by molar-refractivity contribution is 0.668. The highest BCUT2D eigenvalue weighted by Crippen LogP contribution is 2.45. The zero-order valence-electron chi connectivity index (χ0n) is 21.0. The van der Waals surface area contributed by atoms with Gasteiger partial charge in [-0.3, -0.25) is 0 Å². The average Bonchev–Trinajstić information content (AvgIpc) is 3.27. The van der Waals surface area contributed by atoms with E-state index in [2.05, 4.69) is 98.8 Å². The van der Waals surface area contributed by atoms with Gasteiger partial charge in [-0.05, 0) is 110 Å². The van der Waals surface area contributed by atoms with Crippen LogP contribution < -0.4 is 0 Å². The zero-order valence-corrected chi connectivity index (χ0v) is 21.8. The molecular formula is C35H30S. The van der Waals surface area contributed by atoms with Gasteiger partial charge in [0.2, 0.25) is 0 Å². The molecule has 0 spiro atoms. The summed E-state index contributed by atoms with van der Waals surface area (Å²) in [6.07, 6.45) is 6.34. The highest BCUT2D eigenvalue weighted by molar-refractivity contribution is 7.26. The van der Waals surface area contributed by atoms with Crippen LogP contribution in [-0.4, -0.2) is 0 Å².